The van der Waals surface area contributed by atoms with Crippen LogP contribution in [-0.2, 0) is 4.79 Å². The molecule has 0 aliphatic carbocycles. The fourth-order valence-corrected chi connectivity index (χ4v) is 0.843. The molecule has 1 aromatic heterocycles. The second kappa shape index (κ2) is 5.26. The second-order valence-corrected chi connectivity index (χ2v) is 2.74. The zero-order chi connectivity index (χ0) is 11.3. The quantitative estimate of drug-likeness (QED) is 0.749. The van der Waals surface area contributed by atoms with Crippen LogP contribution in [0.5, 0.6) is 0 Å². The number of hydrogen-bond donors (Lipinski definition) is 2. The van der Waals surface area contributed by atoms with Crippen molar-refractivity contribution in [3.05, 3.63) is 24.1 Å². The fourth-order valence-electron chi connectivity index (χ4n) is 0.776. The molecule has 0 fully saturated rings. The SMILES string of the molecule is O=C(CCl)NC(=O)Nc1ncccc1F. The van der Waals surface area contributed by atoms with E-state index in [-0.39, 0.29) is 11.7 Å². The van der Waals surface area contributed by atoms with Crippen molar-refractivity contribution in [1.82, 2.24) is 10.3 Å². The Balaban J connectivity index is 2.59. The van der Waals surface area contributed by atoms with E-state index in [9.17, 15) is 14.0 Å². The van der Waals surface area contributed by atoms with E-state index in [2.05, 4.69) is 10.3 Å². The van der Waals surface area contributed by atoms with E-state index >= 15 is 0 Å². The van der Waals surface area contributed by atoms with Crippen LogP contribution in [-0.4, -0.2) is 22.8 Å². The van der Waals surface area contributed by atoms with Crippen molar-refractivity contribution in [3.8, 4) is 0 Å². The molecule has 7 heteroatoms. The standard InChI is InChI=1S/C8H7ClFN3O2/c9-4-6(14)12-8(15)13-7-5(10)2-1-3-11-7/h1-3H,4H2,(H2,11,12,13,14,15). The van der Waals surface area contributed by atoms with Crippen molar-refractivity contribution in [2.45, 2.75) is 0 Å². The summed E-state index contributed by atoms with van der Waals surface area (Å²) in [6.45, 7) is 0. The molecule has 0 spiro atoms. The highest BCUT2D eigenvalue weighted by atomic mass is 35.5. The van der Waals surface area contributed by atoms with Gasteiger partial charge in [0.25, 0.3) is 0 Å². The maximum Gasteiger partial charge on any atom is 0.327 e. The summed E-state index contributed by atoms with van der Waals surface area (Å²) in [6, 6.07) is 1.63. The van der Waals surface area contributed by atoms with E-state index in [4.69, 9.17) is 11.6 Å². The van der Waals surface area contributed by atoms with Gasteiger partial charge in [-0.1, -0.05) is 0 Å². The lowest BCUT2D eigenvalue weighted by Crippen LogP contribution is -2.35. The average Bonchev–Trinajstić information content (AvgIpc) is 2.21. The summed E-state index contributed by atoms with van der Waals surface area (Å²) in [6.07, 6.45) is 1.31. The molecule has 80 valence electrons. The highest BCUT2D eigenvalue weighted by molar-refractivity contribution is 6.28. The maximum atomic E-state index is 13.0. The lowest BCUT2D eigenvalue weighted by Gasteiger charge is -2.04. The minimum Gasteiger partial charge on any atom is -0.290 e. The van der Waals surface area contributed by atoms with Crippen LogP contribution >= 0.6 is 11.6 Å². The zero-order valence-electron chi connectivity index (χ0n) is 7.46. The Morgan fingerprint density at radius 3 is 2.87 bits per heavy atom. The number of rotatable bonds is 2. The first-order chi connectivity index (χ1) is 7.13. The van der Waals surface area contributed by atoms with Crippen LogP contribution in [0.2, 0.25) is 0 Å². The zero-order valence-corrected chi connectivity index (χ0v) is 8.21. The molecule has 0 aromatic carbocycles. The normalized spacial score (nSPS) is 9.47. The van der Waals surface area contributed by atoms with Gasteiger partial charge in [0.15, 0.2) is 11.6 Å². The Morgan fingerprint density at radius 1 is 1.53 bits per heavy atom. The monoisotopic (exact) mass is 231 g/mol. The third kappa shape index (κ3) is 3.51. The van der Waals surface area contributed by atoms with Gasteiger partial charge in [0, 0.05) is 6.20 Å². The van der Waals surface area contributed by atoms with E-state index in [1.165, 1.54) is 12.3 Å². The average molecular weight is 232 g/mol. The van der Waals surface area contributed by atoms with Gasteiger partial charge in [-0.05, 0) is 12.1 Å². The van der Waals surface area contributed by atoms with E-state index < -0.39 is 17.8 Å². The van der Waals surface area contributed by atoms with Gasteiger partial charge in [-0.2, -0.15) is 0 Å². The number of carbonyl (C=O) groups excluding carboxylic acids is 2. The Labute approximate surface area is 89.6 Å². The van der Waals surface area contributed by atoms with Gasteiger partial charge in [0.2, 0.25) is 5.91 Å². The van der Waals surface area contributed by atoms with Crippen LogP contribution in [0.25, 0.3) is 0 Å². The van der Waals surface area contributed by atoms with Gasteiger partial charge in [0.1, 0.15) is 5.88 Å². The predicted octanol–water partition coefficient (Wildman–Crippen LogP) is 1.11. The highest BCUT2D eigenvalue weighted by Crippen LogP contribution is 2.07. The van der Waals surface area contributed by atoms with Crippen LogP contribution in [0.3, 0.4) is 0 Å². The van der Waals surface area contributed by atoms with Crippen LogP contribution in [0.4, 0.5) is 15.0 Å². The first kappa shape index (κ1) is 11.4. The third-order valence-corrected chi connectivity index (χ3v) is 1.61. The number of nitrogens with zero attached hydrogens (tertiary/aromatic N) is 1. The highest BCUT2D eigenvalue weighted by Gasteiger charge is 2.09. The largest absolute Gasteiger partial charge is 0.327 e. The molecule has 1 aromatic rings. The lowest BCUT2D eigenvalue weighted by atomic mass is 10.4. The third-order valence-electron chi connectivity index (χ3n) is 1.36. The summed E-state index contributed by atoms with van der Waals surface area (Å²) < 4.78 is 13.0. The smallest absolute Gasteiger partial charge is 0.290 e. The van der Waals surface area contributed by atoms with E-state index in [0.29, 0.717) is 0 Å². The van der Waals surface area contributed by atoms with Crippen molar-refractivity contribution >= 4 is 29.4 Å². The number of nitrogens with one attached hydrogen (secondary N) is 2. The topological polar surface area (TPSA) is 71.1 Å². The van der Waals surface area contributed by atoms with Crippen LogP contribution in [0.15, 0.2) is 18.3 Å². The molecule has 0 aliphatic rings. The lowest BCUT2D eigenvalue weighted by molar-refractivity contribution is -0.117. The number of aromatic nitrogens is 1. The van der Waals surface area contributed by atoms with Crippen LogP contribution in [0.1, 0.15) is 0 Å². The molecule has 0 aliphatic heterocycles. The van der Waals surface area contributed by atoms with Crippen molar-refractivity contribution in [1.29, 1.82) is 0 Å². The number of alkyl halides is 1. The molecule has 0 bridgehead atoms. The van der Waals surface area contributed by atoms with Crippen molar-refractivity contribution < 1.29 is 14.0 Å². The van der Waals surface area contributed by atoms with Gasteiger partial charge in [-0.25, -0.2) is 14.2 Å². The van der Waals surface area contributed by atoms with Gasteiger partial charge in [0.05, 0.1) is 0 Å². The number of hydrogen-bond acceptors (Lipinski definition) is 3. The number of amides is 3. The van der Waals surface area contributed by atoms with Crippen molar-refractivity contribution in [2.75, 3.05) is 11.2 Å². The molecule has 0 radical (unpaired) electrons. The van der Waals surface area contributed by atoms with Gasteiger partial charge in [-0.3, -0.25) is 15.4 Å². The minimum atomic E-state index is -0.877. The first-order valence-electron chi connectivity index (χ1n) is 3.91. The molecule has 0 unspecified atom stereocenters. The molecular weight excluding hydrogens is 225 g/mol. The molecule has 0 saturated heterocycles. The van der Waals surface area contributed by atoms with E-state index in [0.717, 1.165) is 6.07 Å². The molecule has 1 rings (SSSR count). The molecule has 0 saturated carbocycles. The first-order valence-corrected chi connectivity index (χ1v) is 4.44. The summed E-state index contributed by atoms with van der Waals surface area (Å²) in [4.78, 5) is 25.3. The number of halogens is 2. The molecule has 3 amide bonds. The van der Waals surface area contributed by atoms with E-state index in [1.807, 2.05) is 5.32 Å². The Hall–Kier alpha value is -1.69. The number of carbonyl (C=O) groups is 2. The number of pyridine rings is 1. The molecule has 5 nitrogen and oxygen atoms in total. The molecular formula is C8H7ClFN3O2. The second-order valence-electron chi connectivity index (χ2n) is 2.47. The molecule has 2 N–H and O–H groups in total. The summed E-state index contributed by atoms with van der Waals surface area (Å²) in [5.74, 6) is -1.97. The summed E-state index contributed by atoms with van der Waals surface area (Å²) in [5.41, 5.74) is 0. The number of urea groups is 1. The summed E-state index contributed by atoms with van der Waals surface area (Å²) in [7, 11) is 0. The minimum absolute atomic E-state index is 0.252. The molecule has 1 heterocycles. The Kier molecular flexibility index (Phi) is 3.99. The predicted molar refractivity (Wildman–Crippen MR) is 52.1 cm³/mol. The van der Waals surface area contributed by atoms with Gasteiger partial charge in [-0.15, -0.1) is 11.6 Å². The van der Waals surface area contributed by atoms with Crippen LogP contribution < -0.4 is 10.6 Å². The fraction of sp³-hybridized carbons (Fsp3) is 0.125. The summed E-state index contributed by atoms with van der Waals surface area (Å²) in [5, 5.41) is 3.94. The molecule has 0 atom stereocenters. The van der Waals surface area contributed by atoms with Gasteiger partial charge >= 0.3 is 6.03 Å². The van der Waals surface area contributed by atoms with E-state index in [1.54, 1.807) is 0 Å². The van der Waals surface area contributed by atoms with Crippen LogP contribution in [0, 0.1) is 5.82 Å². The summed E-state index contributed by atoms with van der Waals surface area (Å²) >= 11 is 5.15. The number of anilines is 1. The maximum absolute atomic E-state index is 13.0. The van der Waals surface area contributed by atoms with Crippen molar-refractivity contribution in [2.24, 2.45) is 0 Å². The van der Waals surface area contributed by atoms with Gasteiger partial charge < -0.3 is 0 Å². The van der Waals surface area contributed by atoms with Crippen molar-refractivity contribution in [3.63, 3.8) is 0 Å². The number of imide groups is 1. The Morgan fingerprint density at radius 2 is 2.27 bits per heavy atom. The molecule has 15 heavy (non-hydrogen) atoms. The Bertz CT molecular complexity index is 386.